The number of esters is 1. The molecule has 1 aliphatic rings. The minimum absolute atomic E-state index is 0.140. The SMILES string of the molecule is O=C(O[C@@H]1CCC[C@H]1Br)C(F)(F)F. The summed E-state index contributed by atoms with van der Waals surface area (Å²) in [5.41, 5.74) is 0. The summed E-state index contributed by atoms with van der Waals surface area (Å²) in [6.07, 6.45) is -3.48. The predicted molar refractivity (Wildman–Crippen MR) is 42.5 cm³/mol. The Labute approximate surface area is 81.6 Å². The van der Waals surface area contributed by atoms with Gasteiger partial charge in [-0.1, -0.05) is 15.9 Å². The van der Waals surface area contributed by atoms with Crippen molar-refractivity contribution in [3.8, 4) is 0 Å². The molecule has 0 aromatic rings. The molecule has 0 saturated heterocycles. The number of alkyl halides is 4. The van der Waals surface area contributed by atoms with Crippen molar-refractivity contribution in [2.45, 2.75) is 36.4 Å². The summed E-state index contributed by atoms with van der Waals surface area (Å²) in [7, 11) is 0. The molecule has 0 aromatic carbocycles. The maximum Gasteiger partial charge on any atom is 0.490 e. The van der Waals surface area contributed by atoms with Crippen molar-refractivity contribution in [2.75, 3.05) is 0 Å². The van der Waals surface area contributed by atoms with Crippen LogP contribution in [-0.4, -0.2) is 23.1 Å². The zero-order valence-corrected chi connectivity index (χ0v) is 8.19. The van der Waals surface area contributed by atoms with Gasteiger partial charge in [0.2, 0.25) is 0 Å². The highest BCUT2D eigenvalue weighted by Gasteiger charge is 2.43. The van der Waals surface area contributed by atoms with Crippen molar-refractivity contribution < 1.29 is 22.7 Å². The number of hydrogen-bond acceptors (Lipinski definition) is 2. The Balaban J connectivity index is 2.45. The topological polar surface area (TPSA) is 26.3 Å². The fourth-order valence-electron chi connectivity index (χ4n) is 1.22. The highest BCUT2D eigenvalue weighted by molar-refractivity contribution is 9.09. The fourth-order valence-corrected chi connectivity index (χ4v) is 1.91. The highest BCUT2D eigenvalue weighted by Crippen LogP contribution is 2.30. The lowest BCUT2D eigenvalue weighted by atomic mass is 10.3. The van der Waals surface area contributed by atoms with Crippen LogP contribution in [0.15, 0.2) is 0 Å². The monoisotopic (exact) mass is 260 g/mol. The van der Waals surface area contributed by atoms with Crippen molar-refractivity contribution in [1.29, 1.82) is 0 Å². The van der Waals surface area contributed by atoms with Crippen LogP contribution >= 0.6 is 15.9 Å². The van der Waals surface area contributed by atoms with Crippen LogP contribution in [0.25, 0.3) is 0 Å². The molecule has 2 atom stereocenters. The van der Waals surface area contributed by atoms with Gasteiger partial charge in [-0.05, 0) is 19.3 Å². The van der Waals surface area contributed by atoms with Gasteiger partial charge in [0.25, 0.3) is 0 Å². The molecule has 13 heavy (non-hydrogen) atoms. The molecule has 76 valence electrons. The second kappa shape index (κ2) is 3.86. The third-order valence-corrected chi connectivity index (χ3v) is 2.91. The van der Waals surface area contributed by atoms with Crippen LogP contribution in [0.5, 0.6) is 0 Å². The molecule has 0 N–H and O–H groups in total. The first-order valence-corrected chi connectivity index (χ1v) is 4.74. The molecule has 2 nitrogen and oxygen atoms in total. The van der Waals surface area contributed by atoms with E-state index in [2.05, 4.69) is 20.7 Å². The lowest BCUT2D eigenvalue weighted by molar-refractivity contribution is -0.204. The van der Waals surface area contributed by atoms with Gasteiger partial charge in [0.05, 0.1) is 4.83 Å². The van der Waals surface area contributed by atoms with Gasteiger partial charge in [0, 0.05) is 0 Å². The minimum Gasteiger partial charge on any atom is -0.455 e. The van der Waals surface area contributed by atoms with E-state index in [4.69, 9.17) is 0 Å². The standard InChI is InChI=1S/C7H8BrF3O2/c8-4-2-1-3-5(4)13-6(12)7(9,10)11/h4-5H,1-3H2/t4-,5-/m1/s1. The smallest absolute Gasteiger partial charge is 0.455 e. The van der Waals surface area contributed by atoms with Crippen LogP contribution in [0, 0.1) is 0 Å². The molecule has 0 aliphatic heterocycles. The van der Waals surface area contributed by atoms with E-state index in [0.29, 0.717) is 6.42 Å². The quantitative estimate of drug-likeness (QED) is 0.535. The first-order valence-electron chi connectivity index (χ1n) is 3.83. The predicted octanol–water partition coefficient (Wildman–Crippen LogP) is 2.41. The van der Waals surface area contributed by atoms with E-state index in [1.807, 2.05) is 0 Å². The number of hydrogen-bond donors (Lipinski definition) is 0. The van der Waals surface area contributed by atoms with Crippen LogP contribution < -0.4 is 0 Å². The Morgan fingerprint density at radius 3 is 2.38 bits per heavy atom. The molecular formula is C7H8BrF3O2. The fraction of sp³-hybridized carbons (Fsp3) is 0.857. The van der Waals surface area contributed by atoms with Crippen molar-refractivity contribution in [3.05, 3.63) is 0 Å². The lowest BCUT2D eigenvalue weighted by Crippen LogP contribution is -2.31. The third kappa shape index (κ3) is 2.86. The van der Waals surface area contributed by atoms with Crippen molar-refractivity contribution in [2.24, 2.45) is 0 Å². The Bertz CT molecular complexity index is 204. The summed E-state index contributed by atoms with van der Waals surface area (Å²) in [6.45, 7) is 0. The van der Waals surface area contributed by atoms with Crippen LogP contribution in [0.4, 0.5) is 13.2 Å². The zero-order valence-electron chi connectivity index (χ0n) is 6.60. The molecule has 1 fully saturated rings. The van der Waals surface area contributed by atoms with Crippen molar-refractivity contribution >= 4 is 21.9 Å². The summed E-state index contributed by atoms with van der Waals surface area (Å²) >= 11 is 3.16. The van der Waals surface area contributed by atoms with E-state index in [-0.39, 0.29) is 4.83 Å². The zero-order chi connectivity index (χ0) is 10.1. The number of carbonyl (C=O) groups excluding carboxylic acids is 1. The van der Waals surface area contributed by atoms with Gasteiger partial charge in [-0.2, -0.15) is 13.2 Å². The van der Waals surface area contributed by atoms with Gasteiger partial charge in [0.1, 0.15) is 6.10 Å². The summed E-state index contributed by atoms with van der Waals surface area (Å²) < 4.78 is 39.5. The summed E-state index contributed by atoms with van der Waals surface area (Å²) in [4.78, 5) is 10.3. The van der Waals surface area contributed by atoms with Gasteiger partial charge in [-0.3, -0.25) is 0 Å². The summed E-state index contributed by atoms with van der Waals surface area (Å²) in [6, 6.07) is 0. The number of ether oxygens (including phenoxy) is 1. The first-order chi connectivity index (χ1) is 5.91. The van der Waals surface area contributed by atoms with Crippen LogP contribution in [-0.2, 0) is 9.53 Å². The average Bonchev–Trinajstić information content (AvgIpc) is 2.34. The van der Waals surface area contributed by atoms with E-state index < -0.39 is 18.2 Å². The molecule has 0 unspecified atom stereocenters. The molecule has 1 aliphatic carbocycles. The van der Waals surface area contributed by atoms with Crippen molar-refractivity contribution in [1.82, 2.24) is 0 Å². The maximum absolute atomic E-state index is 11.7. The molecule has 0 aromatic heterocycles. The van der Waals surface area contributed by atoms with Gasteiger partial charge in [0.15, 0.2) is 0 Å². The van der Waals surface area contributed by atoms with Crippen LogP contribution in [0.2, 0.25) is 0 Å². The van der Waals surface area contributed by atoms with Gasteiger partial charge in [-0.15, -0.1) is 0 Å². The molecule has 0 radical (unpaired) electrons. The van der Waals surface area contributed by atoms with E-state index >= 15 is 0 Å². The molecule has 1 saturated carbocycles. The van der Waals surface area contributed by atoms with E-state index in [1.165, 1.54) is 0 Å². The largest absolute Gasteiger partial charge is 0.490 e. The Morgan fingerprint density at radius 2 is 2.00 bits per heavy atom. The van der Waals surface area contributed by atoms with E-state index in [9.17, 15) is 18.0 Å². The van der Waals surface area contributed by atoms with E-state index in [1.54, 1.807) is 0 Å². The average molecular weight is 261 g/mol. The molecule has 0 bridgehead atoms. The molecule has 1 rings (SSSR count). The second-order valence-corrected chi connectivity index (χ2v) is 4.06. The number of carbonyl (C=O) groups is 1. The number of halogens is 4. The highest BCUT2D eigenvalue weighted by atomic mass is 79.9. The van der Waals surface area contributed by atoms with Gasteiger partial charge >= 0.3 is 12.1 Å². The third-order valence-electron chi connectivity index (χ3n) is 1.86. The minimum atomic E-state index is -4.88. The first kappa shape index (κ1) is 10.8. The second-order valence-electron chi connectivity index (χ2n) is 2.89. The van der Waals surface area contributed by atoms with Gasteiger partial charge in [-0.25, -0.2) is 4.79 Å². The summed E-state index contributed by atoms with van der Waals surface area (Å²) in [5.74, 6) is -2.09. The molecule has 6 heteroatoms. The number of rotatable bonds is 1. The Kier molecular flexibility index (Phi) is 3.21. The lowest BCUT2D eigenvalue weighted by Gasteiger charge is -2.15. The molecule has 0 amide bonds. The normalized spacial score (nSPS) is 28.9. The molecular weight excluding hydrogens is 253 g/mol. The van der Waals surface area contributed by atoms with Crippen LogP contribution in [0.3, 0.4) is 0 Å². The maximum atomic E-state index is 11.7. The van der Waals surface area contributed by atoms with Gasteiger partial charge < -0.3 is 4.74 Å². The molecule has 0 heterocycles. The Hall–Kier alpha value is -0.260. The molecule has 0 spiro atoms. The van der Waals surface area contributed by atoms with E-state index in [0.717, 1.165) is 12.8 Å². The van der Waals surface area contributed by atoms with Crippen LogP contribution in [0.1, 0.15) is 19.3 Å². The van der Waals surface area contributed by atoms with Crippen molar-refractivity contribution in [3.63, 3.8) is 0 Å². The summed E-state index contributed by atoms with van der Waals surface area (Å²) in [5, 5.41) is 0. The Morgan fingerprint density at radius 1 is 1.38 bits per heavy atom.